The molecule has 2 atom stereocenters. The van der Waals surface area contributed by atoms with Crippen LogP contribution < -0.4 is 4.74 Å². The Balaban J connectivity index is 1.43. The van der Waals surface area contributed by atoms with Crippen LogP contribution in [0.25, 0.3) is 21.9 Å². The highest BCUT2D eigenvalue weighted by Gasteiger charge is 2.41. The summed E-state index contributed by atoms with van der Waals surface area (Å²) in [7, 11) is 0. The molecule has 0 spiro atoms. The summed E-state index contributed by atoms with van der Waals surface area (Å²) in [5, 5.41) is 2.31. The van der Waals surface area contributed by atoms with E-state index in [0.29, 0.717) is 5.41 Å². The van der Waals surface area contributed by atoms with Crippen LogP contribution in [-0.4, -0.2) is 31.1 Å². The van der Waals surface area contributed by atoms with E-state index in [-0.39, 0.29) is 0 Å². The van der Waals surface area contributed by atoms with Crippen LogP contribution in [0.15, 0.2) is 46.9 Å². The number of hydrogen-bond donors (Lipinski definition) is 0. The first-order chi connectivity index (χ1) is 11.3. The highest BCUT2D eigenvalue weighted by atomic mass is 16.5. The molecule has 2 unspecified atom stereocenters. The molecule has 2 saturated heterocycles. The van der Waals surface area contributed by atoms with Crippen LogP contribution in [0, 0.1) is 5.41 Å². The van der Waals surface area contributed by atoms with E-state index >= 15 is 0 Å². The molecule has 5 rings (SSSR count). The summed E-state index contributed by atoms with van der Waals surface area (Å²) in [6.07, 6.45) is 3.90. The number of ether oxygens (including phenoxy) is 1. The van der Waals surface area contributed by atoms with Crippen LogP contribution in [0.1, 0.15) is 19.3 Å². The van der Waals surface area contributed by atoms with Gasteiger partial charge in [0.2, 0.25) is 0 Å². The van der Waals surface area contributed by atoms with Gasteiger partial charge in [0, 0.05) is 22.7 Å². The third-order valence-electron chi connectivity index (χ3n) is 5.59. The molecule has 0 radical (unpaired) electrons. The standard InChI is InChI=1S/C20H21NO2/c1-2-5-18-16(4-1)17-12-15(6-7-19(17)23-18)22-14-20-8-3-10-21(13-20)11-9-20/h1-2,4-7,12H,3,8-11,13-14H2. The average molecular weight is 307 g/mol. The fraction of sp³-hybridized carbons (Fsp3) is 0.400. The number of piperidine rings is 1. The van der Waals surface area contributed by atoms with E-state index in [9.17, 15) is 0 Å². The largest absolute Gasteiger partial charge is 0.493 e. The Morgan fingerprint density at radius 2 is 1.91 bits per heavy atom. The molecule has 23 heavy (non-hydrogen) atoms. The van der Waals surface area contributed by atoms with Crippen molar-refractivity contribution in [2.24, 2.45) is 5.41 Å². The van der Waals surface area contributed by atoms with Gasteiger partial charge in [0.1, 0.15) is 16.9 Å². The van der Waals surface area contributed by atoms with Gasteiger partial charge in [-0.3, -0.25) is 0 Å². The lowest BCUT2D eigenvalue weighted by Gasteiger charge is -2.33. The number of hydrogen-bond acceptors (Lipinski definition) is 3. The summed E-state index contributed by atoms with van der Waals surface area (Å²) in [6, 6.07) is 14.4. The maximum atomic E-state index is 6.22. The molecule has 0 saturated carbocycles. The van der Waals surface area contributed by atoms with Crippen molar-refractivity contribution in [3.05, 3.63) is 42.5 Å². The number of nitrogens with zero attached hydrogens (tertiary/aromatic N) is 1. The fourth-order valence-corrected chi connectivity index (χ4v) is 4.32. The first-order valence-electron chi connectivity index (χ1n) is 8.58. The van der Waals surface area contributed by atoms with E-state index < -0.39 is 0 Å². The molecule has 0 aliphatic carbocycles. The summed E-state index contributed by atoms with van der Waals surface area (Å²) < 4.78 is 12.1. The summed E-state index contributed by atoms with van der Waals surface area (Å²) in [5.41, 5.74) is 2.25. The van der Waals surface area contributed by atoms with Crippen LogP contribution in [0.3, 0.4) is 0 Å². The van der Waals surface area contributed by atoms with Crippen molar-refractivity contribution < 1.29 is 9.15 Å². The van der Waals surface area contributed by atoms with Gasteiger partial charge in [-0.1, -0.05) is 18.2 Å². The molecular weight excluding hydrogens is 286 g/mol. The molecule has 2 bridgehead atoms. The van der Waals surface area contributed by atoms with Gasteiger partial charge in [-0.2, -0.15) is 0 Å². The van der Waals surface area contributed by atoms with Crippen LogP contribution in [0.2, 0.25) is 0 Å². The zero-order chi connectivity index (χ0) is 15.3. The number of furan rings is 1. The highest BCUT2D eigenvalue weighted by molar-refractivity contribution is 6.05. The summed E-state index contributed by atoms with van der Waals surface area (Å²) in [4.78, 5) is 2.58. The van der Waals surface area contributed by atoms with Gasteiger partial charge in [0.15, 0.2) is 0 Å². The molecule has 3 nitrogen and oxygen atoms in total. The van der Waals surface area contributed by atoms with E-state index in [4.69, 9.17) is 9.15 Å². The molecule has 2 fully saturated rings. The van der Waals surface area contributed by atoms with Crippen molar-refractivity contribution in [2.45, 2.75) is 19.3 Å². The lowest BCUT2D eigenvalue weighted by molar-refractivity contribution is 0.107. The quantitative estimate of drug-likeness (QED) is 0.715. The van der Waals surface area contributed by atoms with Gasteiger partial charge in [0.25, 0.3) is 0 Å². The van der Waals surface area contributed by atoms with Crippen molar-refractivity contribution in [3.63, 3.8) is 0 Å². The first-order valence-corrected chi connectivity index (χ1v) is 8.58. The molecule has 2 aliphatic heterocycles. The van der Waals surface area contributed by atoms with E-state index in [1.165, 1.54) is 38.9 Å². The van der Waals surface area contributed by atoms with Gasteiger partial charge < -0.3 is 14.1 Å². The van der Waals surface area contributed by atoms with E-state index in [0.717, 1.165) is 34.3 Å². The Kier molecular flexibility index (Phi) is 2.92. The zero-order valence-corrected chi connectivity index (χ0v) is 13.3. The van der Waals surface area contributed by atoms with Gasteiger partial charge in [0.05, 0.1) is 6.61 Å². The van der Waals surface area contributed by atoms with Crippen LogP contribution >= 0.6 is 0 Å². The Hall–Kier alpha value is -2.00. The van der Waals surface area contributed by atoms with Crippen LogP contribution in [-0.2, 0) is 0 Å². The molecule has 2 aromatic carbocycles. The molecule has 1 aromatic heterocycles. The predicted octanol–water partition coefficient (Wildman–Crippen LogP) is 4.45. The maximum Gasteiger partial charge on any atom is 0.135 e. The van der Waals surface area contributed by atoms with Crippen molar-refractivity contribution in [1.82, 2.24) is 4.90 Å². The minimum Gasteiger partial charge on any atom is -0.493 e. The smallest absolute Gasteiger partial charge is 0.135 e. The first kappa shape index (κ1) is 13.4. The Morgan fingerprint density at radius 3 is 2.91 bits per heavy atom. The summed E-state index contributed by atoms with van der Waals surface area (Å²) in [5.74, 6) is 0.961. The average Bonchev–Trinajstić information content (AvgIpc) is 3.10. The van der Waals surface area contributed by atoms with Crippen molar-refractivity contribution in [1.29, 1.82) is 0 Å². The molecule has 2 aliphatic rings. The topological polar surface area (TPSA) is 25.6 Å². The molecule has 0 amide bonds. The van der Waals surface area contributed by atoms with Crippen molar-refractivity contribution in [3.8, 4) is 5.75 Å². The van der Waals surface area contributed by atoms with Gasteiger partial charge >= 0.3 is 0 Å². The molecule has 0 N–H and O–H groups in total. The number of benzene rings is 2. The number of para-hydroxylation sites is 1. The lowest BCUT2D eigenvalue weighted by Crippen LogP contribution is -2.37. The predicted molar refractivity (Wildman–Crippen MR) is 91.9 cm³/mol. The summed E-state index contributed by atoms with van der Waals surface area (Å²) in [6.45, 7) is 4.57. The third kappa shape index (κ3) is 2.22. The van der Waals surface area contributed by atoms with Crippen LogP contribution in [0.4, 0.5) is 0 Å². The van der Waals surface area contributed by atoms with Gasteiger partial charge in [-0.25, -0.2) is 0 Å². The fourth-order valence-electron chi connectivity index (χ4n) is 4.32. The molecule has 3 heteroatoms. The second-order valence-electron chi connectivity index (χ2n) is 7.17. The van der Waals surface area contributed by atoms with Crippen molar-refractivity contribution in [2.75, 3.05) is 26.2 Å². The van der Waals surface area contributed by atoms with Gasteiger partial charge in [-0.15, -0.1) is 0 Å². The highest BCUT2D eigenvalue weighted by Crippen LogP contribution is 2.40. The second kappa shape index (κ2) is 5.00. The summed E-state index contributed by atoms with van der Waals surface area (Å²) >= 11 is 0. The lowest BCUT2D eigenvalue weighted by atomic mass is 9.82. The Labute approximate surface area is 135 Å². The normalized spacial score (nSPS) is 26.9. The zero-order valence-electron chi connectivity index (χ0n) is 13.3. The monoisotopic (exact) mass is 307 g/mol. The molecule has 3 heterocycles. The number of fused-ring (bicyclic) bond motifs is 5. The van der Waals surface area contributed by atoms with Gasteiger partial charge in [-0.05, 0) is 56.6 Å². The second-order valence-corrected chi connectivity index (χ2v) is 7.17. The van der Waals surface area contributed by atoms with Crippen LogP contribution in [0.5, 0.6) is 5.75 Å². The van der Waals surface area contributed by atoms with E-state index in [1.54, 1.807) is 0 Å². The van der Waals surface area contributed by atoms with Crippen molar-refractivity contribution >= 4 is 21.9 Å². The SMILES string of the molecule is c1ccc2c(c1)oc1ccc(OCC34CCCN(CC3)C4)cc12. The maximum absolute atomic E-state index is 6.22. The molecule has 3 aromatic rings. The molecular formula is C20H21NO2. The number of rotatable bonds is 3. The minimum atomic E-state index is 0.381. The van der Waals surface area contributed by atoms with E-state index in [2.05, 4.69) is 23.1 Å². The third-order valence-corrected chi connectivity index (χ3v) is 5.59. The Bertz CT molecular complexity index is 864. The minimum absolute atomic E-state index is 0.381. The van der Waals surface area contributed by atoms with E-state index in [1.807, 2.05) is 24.3 Å². The molecule has 118 valence electrons. The Morgan fingerprint density at radius 1 is 1.00 bits per heavy atom.